The first-order chi connectivity index (χ1) is 23.9. The molecule has 13 heteroatoms. The molecule has 4 aromatic rings. The molecule has 0 aromatic heterocycles. The Labute approximate surface area is 286 Å². The Morgan fingerprint density at radius 3 is 1.62 bits per heavy atom. The second-order valence-electron chi connectivity index (χ2n) is 10.5. The summed E-state index contributed by atoms with van der Waals surface area (Å²) in [4.78, 5) is 72.5. The molecule has 0 saturated carbocycles. The van der Waals surface area contributed by atoms with Crippen LogP contribution in [0, 0.1) is 0 Å². The molecule has 1 amide bonds. The quantitative estimate of drug-likeness (QED) is 0.0942. The van der Waals surface area contributed by atoms with Crippen molar-refractivity contribution in [3.8, 4) is 23.0 Å². The average molecular weight is 682 g/mol. The van der Waals surface area contributed by atoms with E-state index in [4.69, 9.17) is 28.8 Å². The van der Waals surface area contributed by atoms with E-state index in [1.807, 2.05) is 0 Å². The van der Waals surface area contributed by atoms with Gasteiger partial charge in [-0.25, -0.2) is 14.4 Å². The Bertz CT molecular complexity index is 1880. The first kappa shape index (κ1) is 36.1. The summed E-state index contributed by atoms with van der Waals surface area (Å²) in [6.07, 6.45) is -1.75. The van der Waals surface area contributed by atoms with Crippen molar-refractivity contribution in [3.05, 3.63) is 126 Å². The highest BCUT2D eigenvalue weighted by Gasteiger charge is 2.21. The Morgan fingerprint density at radius 2 is 1.14 bits per heavy atom. The zero-order chi connectivity index (χ0) is 36.2. The molecule has 0 aliphatic heterocycles. The van der Waals surface area contributed by atoms with E-state index in [9.17, 15) is 28.8 Å². The summed E-state index contributed by atoms with van der Waals surface area (Å²) in [5.41, 5.74) is 1.03. The van der Waals surface area contributed by atoms with E-state index in [2.05, 4.69) is 11.9 Å². The van der Waals surface area contributed by atoms with Gasteiger partial charge in [0.2, 0.25) is 5.91 Å². The van der Waals surface area contributed by atoms with Gasteiger partial charge in [0.1, 0.15) is 29.1 Å². The number of carbonyl (C=O) groups excluding carboxylic acids is 5. The van der Waals surface area contributed by atoms with Crippen LogP contribution < -0.4 is 24.3 Å². The molecule has 2 N–H and O–H groups in total. The number of aliphatic carboxylic acids is 1. The largest absolute Gasteiger partial charge is 0.497 e. The highest BCUT2D eigenvalue weighted by atomic mass is 16.6. The molecule has 0 radical (unpaired) electrons. The lowest BCUT2D eigenvalue weighted by molar-refractivity contribution is -0.150. The molecule has 0 bridgehead atoms. The van der Waals surface area contributed by atoms with Crippen LogP contribution in [0.4, 0.5) is 5.69 Å². The summed E-state index contributed by atoms with van der Waals surface area (Å²) in [6, 6.07) is 24.0. The zero-order valence-corrected chi connectivity index (χ0v) is 26.9. The van der Waals surface area contributed by atoms with Gasteiger partial charge in [0, 0.05) is 18.2 Å². The molecule has 1 atom stereocenters. The number of benzene rings is 4. The lowest BCUT2D eigenvalue weighted by Crippen LogP contribution is -2.17. The average Bonchev–Trinajstić information content (AvgIpc) is 3.09. The molecular formula is C37H31NO12. The van der Waals surface area contributed by atoms with Crippen molar-refractivity contribution in [2.45, 2.75) is 25.9 Å². The van der Waals surface area contributed by atoms with Gasteiger partial charge in [0.15, 0.2) is 0 Å². The van der Waals surface area contributed by atoms with Crippen molar-refractivity contribution >= 4 is 41.4 Å². The minimum Gasteiger partial charge on any atom is -0.497 e. The predicted molar refractivity (Wildman–Crippen MR) is 177 cm³/mol. The lowest BCUT2D eigenvalue weighted by atomic mass is 10.1. The van der Waals surface area contributed by atoms with E-state index < -0.39 is 48.3 Å². The second-order valence-corrected chi connectivity index (χ2v) is 10.5. The van der Waals surface area contributed by atoms with Crippen molar-refractivity contribution in [2.24, 2.45) is 0 Å². The van der Waals surface area contributed by atoms with Gasteiger partial charge in [-0.3, -0.25) is 14.4 Å². The molecule has 50 heavy (non-hydrogen) atoms. The molecule has 0 aliphatic rings. The number of carboxylic acids is 1. The molecule has 1 unspecified atom stereocenters. The van der Waals surface area contributed by atoms with Crippen molar-refractivity contribution in [3.63, 3.8) is 0 Å². The summed E-state index contributed by atoms with van der Waals surface area (Å²) in [6.45, 7) is 4.50. The number of ether oxygens (including phenoxy) is 5. The van der Waals surface area contributed by atoms with Crippen LogP contribution in [0.2, 0.25) is 0 Å². The van der Waals surface area contributed by atoms with Gasteiger partial charge < -0.3 is 34.1 Å². The molecule has 4 rings (SSSR count). The molecule has 0 aliphatic carbocycles. The smallest absolute Gasteiger partial charge is 0.343 e. The fraction of sp³-hybridized carbons (Fsp3) is 0.135. The lowest BCUT2D eigenvalue weighted by Gasteiger charge is -2.17. The Morgan fingerprint density at radius 1 is 0.680 bits per heavy atom. The molecule has 0 saturated heterocycles. The summed E-state index contributed by atoms with van der Waals surface area (Å²) < 4.78 is 26.6. The van der Waals surface area contributed by atoms with Gasteiger partial charge in [-0.1, -0.05) is 18.7 Å². The first-order valence-electron chi connectivity index (χ1n) is 14.9. The number of methoxy groups -OCH3 is 1. The maximum Gasteiger partial charge on any atom is 0.343 e. The maximum absolute atomic E-state index is 12.7. The van der Waals surface area contributed by atoms with Gasteiger partial charge in [-0.05, 0) is 90.5 Å². The number of carboxylic acid groups (broad SMARTS) is 1. The normalized spacial score (nSPS) is 10.9. The van der Waals surface area contributed by atoms with Crippen LogP contribution >= 0.6 is 0 Å². The molecule has 0 spiro atoms. The SMILES string of the molecule is C=C(CC(=O)Nc1ccc(OC(=O)CC(OC(C)=O)c2ccc(OC(=O)c3ccc(OC(=O)c4ccc(OC)cc4)cc3)cc2)cc1)C(=O)O. The fourth-order valence-electron chi connectivity index (χ4n) is 4.30. The van der Waals surface area contributed by atoms with Gasteiger partial charge in [0.05, 0.1) is 31.1 Å². The number of rotatable bonds is 14. The number of anilines is 1. The summed E-state index contributed by atoms with van der Waals surface area (Å²) in [5.74, 6) is -3.32. The highest BCUT2D eigenvalue weighted by Crippen LogP contribution is 2.26. The molecule has 13 nitrogen and oxygen atoms in total. The van der Waals surface area contributed by atoms with E-state index in [0.717, 1.165) is 0 Å². The number of hydrogen-bond acceptors (Lipinski definition) is 11. The van der Waals surface area contributed by atoms with E-state index in [0.29, 0.717) is 22.6 Å². The number of nitrogens with one attached hydrogen (secondary N) is 1. The van der Waals surface area contributed by atoms with Crippen LogP contribution in [-0.2, 0) is 23.9 Å². The number of carbonyl (C=O) groups is 6. The summed E-state index contributed by atoms with van der Waals surface area (Å²) in [7, 11) is 1.52. The topological polar surface area (TPSA) is 181 Å². The minimum atomic E-state index is -1.28. The Balaban J connectivity index is 1.31. The predicted octanol–water partition coefficient (Wildman–Crippen LogP) is 5.70. The van der Waals surface area contributed by atoms with Crippen molar-refractivity contribution < 1.29 is 57.6 Å². The number of hydrogen-bond donors (Lipinski definition) is 2. The number of amides is 1. The highest BCUT2D eigenvalue weighted by molar-refractivity contribution is 5.99. The Kier molecular flexibility index (Phi) is 12.2. The Hall–Kier alpha value is -6.76. The van der Waals surface area contributed by atoms with Crippen LogP contribution in [0.15, 0.2) is 109 Å². The van der Waals surface area contributed by atoms with Crippen molar-refractivity contribution in [2.75, 3.05) is 12.4 Å². The molecule has 4 aromatic carbocycles. The van der Waals surface area contributed by atoms with Crippen molar-refractivity contribution in [1.82, 2.24) is 0 Å². The monoisotopic (exact) mass is 681 g/mol. The minimum absolute atomic E-state index is 0.148. The molecule has 256 valence electrons. The zero-order valence-electron chi connectivity index (χ0n) is 26.9. The molecule has 0 heterocycles. The van der Waals surface area contributed by atoms with E-state index >= 15 is 0 Å². The van der Waals surface area contributed by atoms with Gasteiger partial charge >= 0.3 is 29.8 Å². The van der Waals surface area contributed by atoms with Crippen molar-refractivity contribution in [1.29, 1.82) is 0 Å². The van der Waals surface area contributed by atoms with Crippen LogP contribution in [0.5, 0.6) is 23.0 Å². The van der Waals surface area contributed by atoms with Gasteiger partial charge in [-0.2, -0.15) is 0 Å². The standard InChI is InChI=1S/C37H31NO12/c1-22(35(42)43)20-33(40)38-27-10-18-29(19-11-27)48-34(41)21-32(47-23(2)39)24-4-14-30(15-5-24)49-37(45)26-8-16-31(17-9-26)50-36(44)25-6-12-28(46-3)13-7-25/h4-19,32H,1,20-21H2,2-3H3,(H,38,40)(H,42,43). The maximum atomic E-state index is 12.7. The molecular weight excluding hydrogens is 650 g/mol. The van der Waals surface area contributed by atoms with Crippen LogP contribution in [0.3, 0.4) is 0 Å². The number of esters is 4. The van der Waals surface area contributed by atoms with Crippen LogP contribution in [0.1, 0.15) is 52.1 Å². The summed E-state index contributed by atoms with van der Waals surface area (Å²) >= 11 is 0. The fourth-order valence-corrected chi connectivity index (χ4v) is 4.30. The van der Waals surface area contributed by atoms with Gasteiger partial charge in [-0.15, -0.1) is 0 Å². The summed E-state index contributed by atoms with van der Waals surface area (Å²) in [5, 5.41) is 11.4. The third-order valence-electron chi connectivity index (χ3n) is 6.80. The van der Waals surface area contributed by atoms with Crippen LogP contribution in [-0.4, -0.2) is 48.0 Å². The third-order valence-corrected chi connectivity index (χ3v) is 6.80. The second kappa shape index (κ2) is 16.9. The van der Waals surface area contributed by atoms with Crippen LogP contribution in [0.25, 0.3) is 0 Å². The van der Waals surface area contributed by atoms with E-state index in [1.165, 1.54) is 86.8 Å². The van der Waals surface area contributed by atoms with E-state index in [1.54, 1.807) is 24.3 Å². The van der Waals surface area contributed by atoms with Gasteiger partial charge in [0.25, 0.3) is 0 Å². The molecule has 0 fully saturated rings. The third kappa shape index (κ3) is 10.6. The van der Waals surface area contributed by atoms with E-state index in [-0.39, 0.29) is 34.8 Å². The first-order valence-corrected chi connectivity index (χ1v) is 14.9.